The van der Waals surface area contributed by atoms with Gasteiger partial charge in [0.2, 0.25) is 12.3 Å². The van der Waals surface area contributed by atoms with E-state index in [-0.39, 0.29) is 23.5 Å². The molecule has 0 fully saturated rings. The van der Waals surface area contributed by atoms with Gasteiger partial charge in [0.25, 0.3) is 0 Å². The molecule has 164 valence electrons. The summed E-state index contributed by atoms with van der Waals surface area (Å²) in [5.41, 5.74) is 1.25. The number of nitrogens with one attached hydrogen (secondary N) is 1. The van der Waals surface area contributed by atoms with Gasteiger partial charge >= 0.3 is 0 Å². The summed E-state index contributed by atoms with van der Waals surface area (Å²) >= 11 is 5.90. The highest BCUT2D eigenvalue weighted by Gasteiger charge is 2.19. The number of amides is 2. The van der Waals surface area contributed by atoms with E-state index in [9.17, 15) is 14.0 Å². The van der Waals surface area contributed by atoms with Crippen LogP contribution in [0.4, 0.5) is 4.39 Å². The molecule has 0 bridgehead atoms. The molecule has 0 atom stereocenters. The number of amidine groups is 1. The summed E-state index contributed by atoms with van der Waals surface area (Å²) in [5.74, 6) is -0.498. The molecule has 1 aromatic heterocycles. The first kappa shape index (κ1) is 25.3. The molecule has 0 unspecified atom stereocenters. The number of furan rings is 1. The lowest BCUT2D eigenvalue weighted by molar-refractivity contribution is -0.127. The molecule has 0 aromatic carbocycles. The lowest BCUT2D eigenvalue weighted by atomic mass is 10.0. The van der Waals surface area contributed by atoms with Crippen LogP contribution in [0.15, 0.2) is 44.8 Å². The Balaban J connectivity index is 2.85. The quantitative estimate of drug-likeness (QED) is 0.188. The summed E-state index contributed by atoms with van der Waals surface area (Å²) < 4.78 is 19.0. The molecule has 1 heterocycles. The molecule has 30 heavy (non-hydrogen) atoms. The highest BCUT2D eigenvalue weighted by Crippen LogP contribution is 2.22. The minimum Gasteiger partial charge on any atom is -0.443 e. The Morgan fingerprint density at radius 3 is 2.67 bits per heavy atom. The van der Waals surface area contributed by atoms with Gasteiger partial charge in [0, 0.05) is 5.92 Å². The summed E-state index contributed by atoms with van der Waals surface area (Å²) in [4.78, 5) is 27.5. The van der Waals surface area contributed by atoms with Gasteiger partial charge < -0.3 is 9.73 Å². The second kappa shape index (κ2) is 12.7. The van der Waals surface area contributed by atoms with Crippen molar-refractivity contribution in [2.24, 2.45) is 16.0 Å². The van der Waals surface area contributed by atoms with Crippen LogP contribution in [0.5, 0.6) is 0 Å². The van der Waals surface area contributed by atoms with Crippen molar-refractivity contribution in [2.75, 3.05) is 6.54 Å². The zero-order valence-electron chi connectivity index (χ0n) is 17.9. The van der Waals surface area contributed by atoms with Crippen molar-refractivity contribution < 1.29 is 18.4 Å². The van der Waals surface area contributed by atoms with E-state index in [0.29, 0.717) is 17.9 Å². The molecule has 0 radical (unpaired) electrons. The van der Waals surface area contributed by atoms with Gasteiger partial charge in [-0.25, -0.2) is 14.4 Å². The highest BCUT2D eigenvalue weighted by molar-refractivity contribution is 6.29. The normalized spacial score (nSPS) is 13.3. The number of carbonyl (C=O) groups is 2. The first-order valence-electron chi connectivity index (χ1n) is 9.61. The van der Waals surface area contributed by atoms with Gasteiger partial charge in [-0.2, -0.15) is 5.10 Å². The lowest BCUT2D eigenvalue weighted by Crippen LogP contribution is -2.37. The smallest absolute Gasteiger partial charge is 0.247 e. The Morgan fingerprint density at radius 2 is 2.13 bits per heavy atom. The number of aryl methyl sites for hydroxylation is 1. The number of allylic oxidation sites excluding steroid dienone is 3. The molecule has 0 aliphatic rings. The van der Waals surface area contributed by atoms with E-state index in [0.717, 1.165) is 29.6 Å². The summed E-state index contributed by atoms with van der Waals surface area (Å²) in [7, 11) is 0. The summed E-state index contributed by atoms with van der Waals surface area (Å²) in [6.45, 7) is 8.73. The van der Waals surface area contributed by atoms with Gasteiger partial charge in [0.05, 0.1) is 6.20 Å². The van der Waals surface area contributed by atoms with Crippen molar-refractivity contribution in [1.29, 1.82) is 0 Å². The topological polar surface area (TPSA) is 87.3 Å². The Labute approximate surface area is 181 Å². The number of hydrazone groups is 1. The third-order valence-corrected chi connectivity index (χ3v) is 3.95. The van der Waals surface area contributed by atoms with Crippen LogP contribution >= 0.6 is 11.6 Å². The Kier molecular flexibility index (Phi) is 10.7. The van der Waals surface area contributed by atoms with E-state index in [1.807, 2.05) is 27.7 Å². The molecule has 1 aromatic rings. The van der Waals surface area contributed by atoms with Gasteiger partial charge in [-0.15, -0.1) is 0 Å². The number of hydrogen-bond acceptors (Lipinski definition) is 5. The first-order chi connectivity index (χ1) is 14.2. The fourth-order valence-corrected chi connectivity index (χ4v) is 2.58. The van der Waals surface area contributed by atoms with Gasteiger partial charge in [0.15, 0.2) is 11.0 Å². The van der Waals surface area contributed by atoms with Crippen LogP contribution in [0.1, 0.15) is 51.9 Å². The highest BCUT2D eigenvalue weighted by atomic mass is 35.5. The Morgan fingerprint density at radius 1 is 1.43 bits per heavy atom. The summed E-state index contributed by atoms with van der Waals surface area (Å²) in [5, 5.41) is 7.90. The maximum absolute atomic E-state index is 13.6. The Bertz CT molecular complexity index is 856. The zero-order chi connectivity index (χ0) is 22.7. The van der Waals surface area contributed by atoms with E-state index in [1.54, 1.807) is 12.1 Å². The minimum atomic E-state index is -0.528. The van der Waals surface area contributed by atoms with Crippen molar-refractivity contribution in [2.45, 2.75) is 47.5 Å². The van der Waals surface area contributed by atoms with Crippen LogP contribution in [-0.4, -0.2) is 35.4 Å². The third kappa shape index (κ3) is 8.73. The fraction of sp³-hybridized carbons (Fsp3) is 0.429. The molecule has 1 rings (SSSR count). The maximum atomic E-state index is 13.6. The molecule has 0 saturated carbocycles. The zero-order valence-corrected chi connectivity index (χ0v) is 18.7. The second-order valence-electron chi connectivity index (χ2n) is 6.87. The SMILES string of the molecule is CCC/C=C/C(F)=C\N=C(C)NC(=O)CN(C=O)/N=C(\c1oc(Cl)cc1C)C(C)C. The number of aliphatic imine (C=N–C) groups is 1. The van der Waals surface area contributed by atoms with E-state index >= 15 is 0 Å². The number of hydrogen-bond donors (Lipinski definition) is 1. The number of unbranched alkanes of at least 4 members (excludes halogenated alkanes) is 1. The average Bonchev–Trinajstić information content (AvgIpc) is 3.00. The van der Waals surface area contributed by atoms with E-state index in [2.05, 4.69) is 15.4 Å². The van der Waals surface area contributed by atoms with Gasteiger partial charge in [-0.05, 0) is 49.6 Å². The summed E-state index contributed by atoms with van der Waals surface area (Å²) in [6, 6.07) is 1.65. The fourth-order valence-electron chi connectivity index (χ4n) is 2.34. The predicted octanol–water partition coefficient (Wildman–Crippen LogP) is 4.76. The Hall–Kier alpha value is -2.74. The van der Waals surface area contributed by atoms with Crippen molar-refractivity contribution in [3.8, 4) is 0 Å². The molecule has 0 aliphatic heterocycles. The van der Waals surface area contributed by atoms with Crippen molar-refractivity contribution in [1.82, 2.24) is 10.3 Å². The molecule has 0 saturated heterocycles. The van der Waals surface area contributed by atoms with Gasteiger partial charge in [-0.1, -0.05) is 33.3 Å². The molecule has 0 aliphatic carbocycles. The molecule has 2 amide bonds. The van der Waals surface area contributed by atoms with Crippen molar-refractivity contribution in [3.63, 3.8) is 0 Å². The molecule has 1 N–H and O–H groups in total. The molecular formula is C21H28ClFN4O3. The van der Waals surface area contributed by atoms with Crippen LogP contribution in [0.3, 0.4) is 0 Å². The van der Waals surface area contributed by atoms with Crippen molar-refractivity contribution in [3.05, 3.63) is 46.8 Å². The van der Waals surface area contributed by atoms with Crippen molar-refractivity contribution >= 4 is 35.5 Å². The van der Waals surface area contributed by atoms with Crippen LogP contribution in [0.2, 0.25) is 5.22 Å². The van der Waals surface area contributed by atoms with Gasteiger partial charge in [-0.3, -0.25) is 9.59 Å². The van der Waals surface area contributed by atoms with E-state index in [4.69, 9.17) is 16.0 Å². The van der Waals surface area contributed by atoms with Gasteiger partial charge in [0.1, 0.15) is 23.9 Å². The molecular weight excluding hydrogens is 411 g/mol. The number of nitrogens with zero attached hydrogens (tertiary/aromatic N) is 3. The van der Waals surface area contributed by atoms with Crippen LogP contribution < -0.4 is 5.32 Å². The van der Waals surface area contributed by atoms with E-state index in [1.165, 1.54) is 13.0 Å². The van der Waals surface area contributed by atoms with Crippen LogP contribution in [0.25, 0.3) is 0 Å². The maximum Gasteiger partial charge on any atom is 0.247 e. The average molecular weight is 439 g/mol. The molecule has 0 spiro atoms. The molecule has 7 nitrogen and oxygen atoms in total. The predicted molar refractivity (Wildman–Crippen MR) is 117 cm³/mol. The summed E-state index contributed by atoms with van der Waals surface area (Å²) in [6.07, 6.45) is 6.16. The number of halogens is 2. The second-order valence-corrected chi connectivity index (χ2v) is 7.25. The largest absolute Gasteiger partial charge is 0.443 e. The minimum absolute atomic E-state index is 0.0893. The first-order valence-corrected chi connectivity index (χ1v) is 9.98. The van der Waals surface area contributed by atoms with Crippen LogP contribution in [-0.2, 0) is 9.59 Å². The van der Waals surface area contributed by atoms with E-state index < -0.39 is 11.7 Å². The lowest BCUT2D eigenvalue weighted by Gasteiger charge is -2.15. The van der Waals surface area contributed by atoms with Crippen LogP contribution in [0, 0.1) is 12.8 Å². The third-order valence-electron chi connectivity index (χ3n) is 3.76. The number of rotatable bonds is 10. The number of carbonyl (C=O) groups excluding carboxylic acids is 2. The molecule has 9 heteroatoms. The standard InChI is InChI=1S/C21H28ClFN4O3/c1-6-7-8-9-17(23)11-24-16(5)25-19(29)12-27(13-28)26-20(14(2)3)21-15(4)10-18(22)30-21/h8-11,13-14H,6-7,12H2,1-5H3,(H,24,25,29)/b9-8+,17-11+,26-20-. The monoisotopic (exact) mass is 438 g/mol.